The quantitative estimate of drug-likeness (QED) is 0.902. The number of hydrogen-bond donors (Lipinski definition) is 1. The molecule has 0 saturated carbocycles. The van der Waals surface area contributed by atoms with Crippen LogP contribution in [0.15, 0.2) is 18.2 Å². The Hall–Kier alpha value is -1.23. The standard InChI is InChI=1S/C13H16F3NO/c14-11-3-1-2-10(4-9-18)12(11)17-7-5-13(15,16)6-8-17/h1-3,18H,4-9H2. The molecule has 100 valence electrons. The van der Waals surface area contributed by atoms with E-state index in [1.54, 1.807) is 17.0 Å². The van der Waals surface area contributed by atoms with Crippen LogP contribution in [0.25, 0.3) is 0 Å². The number of aliphatic hydroxyl groups excluding tert-OH is 1. The van der Waals surface area contributed by atoms with Crippen LogP contribution in [0.3, 0.4) is 0 Å². The summed E-state index contributed by atoms with van der Waals surface area (Å²) >= 11 is 0. The SMILES string of the molecule is OCCc1cccc(F)c1N1CCC(F)(F)CC1. The van der Waals surface area contributed by atoms with Crippen molar-refractivity contribution in [3.63, 3.8) is 0 Å². The van der Waals surface area contributed by atoms with Crippen molar-refractivity contribution >= 4 is 5.69 Å². The summed E-state index contributed by atoms with van der Waals surface area (Å²) < 4.78 is 40.0. The lowest BCUT2D eigenvalue weighted by Crippen LogP contribution is -2.40. The maximum atomic E-state index is 13.8. The molecule has 5 heteroatoms. The van der Waals surface area contributed by atoms with Crippen LogP contribution in [0.2, 0.25) is 0 Å². The average Bonchev–Trinajstić information content (AvgIpc) is 2.31. The molecule has 2 nitrogen and oxygen atoms in total. The molecule has 1 aromatic carbocycles. The molecule has 0 aliphatic carbocycles. The first kappa shape index (κ1) is 13.2. The van der Waals surface area contributed by atoms with Crippen LogP contribution in [-0.2, 0) is 6.42 Å². The number of nitrogens with zero attached hydrogens (tertiary/aromatic N) is 1. The molecule has 1 fully saturated rings. The van der Waals surface area contributed by atoms with E-state index < -0.39 is 11.7 Å². The maximum absolute atomic E-state index is 13.8. The maximum Gasteiger partial charge on any atom is 0.251 e. The molecule has 1 saturated heterocycles. The first-order valence-corrected chi connectivity index (χ1v) is 6.04. The molecule has 0 atom stereocenters. The van der Waals surface area contributed by atoms with Gasteiger partial charge in [0.2, 0.25) is 0 Å². The van der Waals surface area contributed by atoms with E-state index in [4.69, 9.17) is 5.11 Å². The zero-order valence-electron chi connectivity index (χ0n) is 10.0. The van der Waals surface area contributed by atoms with Crippen molar-refractivity contribution < 1.29 is 18.3 Å². The van der Waals surface area contributed by atoms with Gasteiger partial charge in [0.25, 0.3) is 5.92 Å². The number of piperidine rings is 1. The minimum absolute atomic E-state index is 0.0829. The highest BCUT2D eigenvalue weighted by Crippen LogP contribution is 2.33. The number of aliphatic hydroxyl groups is 1. The van der Waals surface area contributed by atoms with E-state index in [1.807, 2.05) is 0 Å². The van der Waals surface area contributed by atoms with E-state index in [0.29, 0.717) is 17.7 Å². The molecule has 18 heavy (non-hydrogen) atoms. The van der Waals surface area contributed by atoms with Crippen LogP contribution >= 0.6 is 0 Å². The molecule has 0 spiro atoms. The Balaban J connectivity index is 2.22. The van der Waals surface area contributed by atoms with Crippen LogP contribution < -0.4 is 4.90 Å². The van der Waals surface area contributed by atoms with Crippen LogP contribution in [-0.4, -0.2) is 30.7 Å². The molecule has 0 amide bonds. The molecule has 0 radical (unpaired) electrons. The van der Waals surface area contributed by atoms with Crippen LogP contribution in [0.1, 0.15) is 18.4 Å². The molecule has 2 rings (SSSR count). The van der Waals surface area contributed by atoms with Crippen molar-refractivity contribution in [2.45, 2.75) is 25.2 Å². The average molecular weight is 259 g/mol. The first-order valence-electron chi connectivity index (χ1n) is 6.04. The van der Waals surface area contributed by atoms with Crippen molar-refractivity contribution in [1.29, 1.82) is 0 Å². The number of para-hydroxylation sites is 1. The molecule has 0 bridgehead atoms. The van der Waals surface area contributed by atoms with Crippen molar-refractivity contribution in [1.82, 2.24) is 0 Å². The van der Waals surface area contributed by atoms with Gasteiger partial charge < -0.3 is 10.0 Å². The predicted molar refractivity (Wildman–Crippen MR) is 63.6 cm³/mol. The number of anilines is 1. The van der Waals surface area contributed by atoms with E-state index in [2.05, 4.69) is 0 Å². The van der Waals surface area contributed by atoms with E-state index >= 15 is 0 Å². The predicted octanol–water partition coefficient (Wildman–Crippen LogP) is 2.60. The molecule has 0 aromatic heterocycles. The van der Waals surface area contributed by atoms with E-state index in [0.717, 1.165) is 0 Å². The van der Waals surface area contributed by atoms with Gasteiger partial charge in [-0.15, -0.1) is 0 Å². The van der Waals surface area contributed by atoms with Gasteiger partial charge in [-0.3, -0.25) is 0 Å². The van der Waals surface area contributed by atoms with Crippen molar-refractivity contribution in [3.8, 4) is 0 Å². The summed E-state index contributed by atoms with van der Waals surface area (Å²) in [7, 11) is 0. The lowest BCUT2D eigenvalue weighted by Gasteiger charge is -2.34. The highest BCUT2D eigenvalue weighted by atomic mass is 19.3. The van der Waals surface area contributed by atoms with Gasteiger partial charge in [-0.25, -0.2) is 13.2 Å². The molecule has 1 aromatic rings. The van der Waals surface area contributed by atoms with Crippen LogP contribution in [0, 0.1) is 5.82 Å². The molecular weight excluding hydrogens is 243 g/mol. The molecule has 1 aliphatic heterocycles. The van der Waals surface area contributed by atoms with Gasteiger partial charge in [-0.2, -0.15) is 0 Å². The summed E-state index contributed by atoms with van der Waals surface area (Å²) in [5, 5.41) is 8.96. The summed E-state index contributed by atoms with van der Waals surface area (Å²) in [6.07, 6.45) is -0.167. The van der Waals surface area contributed by atoms with E-state index in [-0.39, 0.29) is 32.5 Å². The fraction of sp³-hybridized carbons (Fsp3) is 0.538. The minimum atomic E-state index is -2.64. The molecule has 1 heterocycles. The Kier molecular flexibility index (Phi) is 3.80. The topological polar surface area (TPSA) is 23.5 Å². The number of alkyl halides is 2. The number of rotatable bonds is 3. The smallest absolute Gasteiger partial charge is 0.251 e. The fourth-order valence-electron chi connectivity index (χ4n) is 2.29. The summed E-state index contributed by atoms with van der Waals surface area (Å²) in [6.45, 7) is 0.208. The monoisotopic (exact) mass is 259 g/mol. The third kappa shape index (κ3) is 2.77. The fourth-order valence-corrected chi connectivity index (χ4v) is 2.29. The first-order chi connectivity index (χ1) is 8.53. The largest absolute Gasteiger partial charge is 0.396 e. The second-order valence-corrected chi connectivity index (χ2v) is 4.56. The van der Waals surface area contributed by atoms with Crippen molar-refractivity contribution in [2.24, 2.45) is 0 Å². The second kappa shape index (κ2) is 5.18. The normalized spacial score (nSPS) is 19.0. The van der Waals surface area contributed by atoms with Crippen LogP contribution in [0.4, 0.5) is 18.9 Å². The Morgan fingerprint density at radius 2 is 1.89 bits per heavy atom. The molecular formula is C13H16F3NO. The van der Waals surface area contributed by atoms with Gasteiger partial charge in [-0.05, 0) is 18.1 Å². The molecule has 1 aliphatic rings. The van der Waals surface area contributed by atoms with Crippen LogP contribution in [0.5, 0.6) is 0 Å². The molecule has 1 N–H and O–H groups in total. The van der Waals surface area contributed by atoms with Gasteiger partial charge in [-0.1, -0.05) is 12.1 Å². The summed E-state index contributed by atoms with van der Waals surface area (Å²) in [5.74, 6) is -3.05. The number of hydrogen-bond acceptors (Lipinski definition) is 2. The van der Waals surface area contributed by atoms with Crippen molar-refractivity contribution in [3.05, 3.63) is 29.6 Å². The zero-order valence-corrected chi connectivity index (χ0v) is 10.0. The Labute approximate surface area is 104 Å². The minimum Gasteiger partial charge on any atom is -0.396 e. The van der Waals surface area contributed by atoms with E-state index in [9.17, 15) is 13.2 Å². The lowest BCUT2D eigenvalue weighted by molar-refractivity contribution is -0.0221. The van der Waals surface area contributed by atoms with Gasteiger partial charge >= 0.3 is 0 Å². The van der Waals surface area contributed by atoms with E-state index in [1.165, 1.54) is 6.07 Å². The number of halogens is 3. The Bertz CT molecular complexity index is 413. The summed E-state index contributed by atoms with van der Waals surface area (Å²) in [5.41, 5.74) is 1.03. The summed E-state index contributed by atoms with van der Waals surface area (Å²) in [4.78, 5) is 1.65. The molecule has 0 unspecified atom stereocenters. The second-order valence-electron chi connectivity index (χ2n) is 4.56. The van der Waals surface area contributed by atoms with Gasteiger partial charge in [0, 0.05) is 32.5 Å². The van der Waals surface area contributed by atoms with Crippen molar-refractivity contribution in [2.75, 3.05) is 24.6 Å². The van der Waals surface area contributed by atoms with Gasteiger partial charge in [0.1, 0.15) is 5.82 Å². The van der Waals surface area contributed by atoms with Gasteiger partial charge in [0.05, 0.1) is 5.69 Å². The third-order valence-corrected chi connectivity index (χ3v) is 3.26. The third-order valence-electron chi connectivity index (χ3n) is 3.26. The lowest BCUT2D eigenvalue weighted by atomic mass is 10.0. The summed E-state index contributed by atoms with van der Waals surface area (Å²) in [6, 6.07) is 4.62. The number of benzene rings is 1. The Morgan fingerprint density at radius 1 is 1.22 bits per heavy atom. The highest BCUT2D eigenvalue weighted by Gasteiger charge is 2.35. The zero-order chi connectivity index (χ0) is 13.2. The van der Waals surface area contributed by atoms with Gasteiger partial charge in [0.15, 0.2) is 0 Å². The Morgan fingerprint density at radius 3 is 2.50 bits per heavy atom. The highest BCUT2D eigenvalue weighted by molar-refractivity contribution is 5.55.